The first-order valence-electron chi connectivity index (χ1n) is 9.23. The van der Waals surface area contributed by atoms with Gasteiger partial charge in [0.05, 0.1) is 30.8 Å². The molecule has 0 saturated heterocycles. The highest BCUT2D eigenvalue weighted by Gasteiger charge is 2.25. The van der Waals surface area contributed by atoms with Gasteiger partial charge in [0.15, 0.2) is 5.78 Å². The maximum absolute atomic E-state index is 12.3. The number of carbonyl (C=O) groups excluding carboxylic acids is 4. The summed E-state index contributed by atoms with van der Waals surface area (Å²) in [4.78, 5) is 57.2. The summed E-state index contributed by atoms with van der Waals surface area (Å²) in [6.07, 6.45) is 2.39. The molecule has 28 heavy (non-hydrogen) atoms. The zero-order valence-corrected chi connectivity index (χ0v) is 17.3. The minimum Gasteiger partial charge on any atom is -0.481 e. The lowest BCUT2D eigenvalue weighted by Crippen LogP contribution is -2.43. The number of amides is 1. The highest BCUT2D eigenvalue weighted by atomic mass is 32.2. The van der Waals surface area contributed by atoms with Crippen molar-refractivity contribution in [1.29, 1.82) is 0 Å². The van der Waals surface area contributed by atoms with E-state index in [4.69, 9.17) is 10.8 Å². The van der Waals surface area contributed by atoms with Crippen molar-refractivity contribution in [2.75, 3.05) is 25.4 Å². The molecule has 0 aliphatic carbocycles. The van der Waals surface area contributed by atoms with E-state index < -0.39 is 23.2 Å². The number of rotatable bonds is 17. The van der Waals surface area contributed by atoms with Crippen LogP contribution in [0.15, 0.2) is 0 Å². The number of carboxylic acid groups (broad SMARTS) is 1. The maximum Gasteiger partial charge on any atom is 0.305 e. The Morgan fingerprint density at radius 3 is 2.29 bits per heavy atom. The highest BCUT2D eigenvalue weighted by Crippen LogP contribution is 2.17. The molecule has 0 radical (unpaired) electrons. The van der Waals surface area contributed by atoms with Crippen LogP contribution in [-0.2, 0) is 24.0 Å². The molecule has 160 valence electrons. The predicted octanol–water partition coefficient (Wildman–Crippen LogP) is -0.0965. The lowest BCUT2D eigenvalue weighted by molar-refractivity contribution is -0.138. The lowest BCUT2D eigenvalue weighted by atomic mass is 10.1. The summed E-state index contributed by atoms with van der Waals surface area (Å²) in [5.41, 5.74) is 5.23. The number of carbonyl (C=O) groups is 5. The summed E-state index contributed by atoms with van der Waals surface area (Å²) in [5.74, 6) is -1.68. The van der Waals surface area contributed by atoms with Gasteiger partial charge in [0.2, 0.25) is 5.91 Å². The van der Waals surface area contributed by atoms with Crippen molar-refractivity contribution in [3.8, 4) is 0 Å². The Morgan fingerprint density at radius 2 is 1.75 bits per heavy atom. The van der Waals surface area contributed by atoms with Crippen LogP contribution in [0.1, 0.15) is 46.0 Å². The summed E-state index contributed by atoms with van der Waals surface area (Å²) in [6, 6.07) is -0.670. The van der Waals surface area contributed by atoms with Gasteiger partial charge in [-0.1, -0.05) is 6.42 Å². The molecule has 0 spiro atoms. The van der Waals surface area contributed by atoms with Crippen LogP contribution in [0.4, 0.5) is 0 Å². The highest BCUT2D eigenvalue weighted by molar-refractivity contribution is 8.00. The quantitative estimate of drug-likeness (QED) is 0.237. The normalized spacial score (nSPS) is 12.8. The first-order chi connectivity index (χ1) is 13.2. The van der Waals surface area contributed by atoms with Crippen molar-refractivity contribution in [2.24, 2.45) is 5.73 Å². The molecule has 0 aromatic carbocycles. The van der Waals surface area contributed by atoms with Gasteiger partial charge in [0, 0.05) is 18.7 Å². The van der Waals surface area contributed by atoms with Crippen molar-refractivity contribution < 1.29 is 29.1 Å². The molecular formula is C18H31N3O6S. The third-order valence-corrected chi connectivity index (χ3v) is 5.19. The molecule has 0 aliphatic heterocycles. The molecule has 10 heteroatoms. The third-order valence-electron chi connectivity index (χ3n) is 3.89. The minimum absolute atomic E-state index is 0.0582. The van der Waals surface area contributed by atoms with Crippen LogP contribution in [0.25, 0.3) is 0 Å². The van der Waals surface area contributed by atoms with Gasteiger partial charge in [0.1, 0.15) is 11.6 Å². The second-order valence-corrected chi connectivity index (χ2v) is 7.75. The topological polar surface area (TPSA) is 156 Å². The maximum atomic E-state index is 12.3. The Balaban J connectivity index is 4.51. The smallest absolute Gasteiger partial charge is 0.305 e. The van der Waals surface area contributed by atoms with E-state index >= 15 is 0 Å². The molecule has 0 aliphatic rings. The fourth-order valence-corrected chi connectivity index (χ4v) is 3.50. The molecule has 1 amide bonds. The average Bonchev–Trinajstić information content (AvgIpc) is 2.61. The fraction of sp³-hybridized carbons (Fsp3) is 0.722. The number of hydrogen-bond donors (Lipinski definition) is 4. The standard InChI is InChI=1S/C18H31N3O6S/c1-12(22)6-4-3-5-7-20-18(27)16(8-17(25)26)28-11-15(13(2)23)21-10-14(24)9-19/h15-16,21H,3-11,19H2,1-2H3,(H,20,27)(H,25,26). The number of aliphatic carboxylic acids is 1. The van der Waals surface area contributed by atoms with E-state index in [2.05, 4.69) is 10.6 Å². The Bertz CT molecular complexity index is 555. The largest absolute Gasteiger partial charge is 0.481 e. The van der Waals surface area contributed by atoms with Crippen LogP contribution < -0.4 is 16.4 Å². The van der Waals surface area contributed by atoms with E-state index in [-0.39, 0.29) is 42.6 Å². The number of nitrogens with one attached hydrogen (secondary N) is 2. The van der Waals surface area contributed by atoms with E-state index in [9.17, 15) is 24.0 Å². The van der Waals surface area contributed by atoms with Crippen LogP contribution >= 0.6 is 11.8 Å². The number of nitrogens with two attached hydrogens (primary N) is 1. The number of carboxylic acids is 1. The molecule has 0 fully saturated rings. The molecule has 0 bridgehead atoms. The molecule has 0 heterocycles. The summed E-state index contributed by atoms with van der Waals surface area (Å²) < 4.78 is 0. The second-order valence-electron chi connectivity index (χ2n) is 6.51. The van der Waals surface area contributed by atoms with Gasteiger partial charge in [-0.2, -0.15) is 0 Å². The van der Waals surface area contributed by atoms with Gasteiger partial charge in [-0.3, -0.25) is 24.5 Å². The van der Waals surface area contributed by atoms with Crippen molar-refractivity contribution in [2.45, 2.75) is 57.2 Å². The molecular weight excluding hydrogens is 386 g/mol. The van der Waals surface area contributed by atoms with E-state index in [0.29, 0.717) is 19.4 Å². The van der Waals surface area contributed by atoms with Gasteiger partial charge in [-0.15, -0.1) is 11.8 Å². The number of thioether (sulfide) groups is 1. The van der Waals surface area contributed by atoms with E-state index in [1.807, 2.05) is 0 Å². The number of ketones is 3. The average molecular weight is 418 g/mol. The van der Waals surface area contributed by atoms with Crippen molar-refractivity contribution in [1.82, 2.24) is 10.6 Å². The summed E-state index contributed by atoms with van der Waals surface area (Å²) in [7, 11) is 0. The Morgan fingerprint density at radius 1 is 1.07 bits per heavy atom. The Hall–Kier alpha value is -1.78. The molecule has 2 unspecified atom stereocenters. The first-order valence-corrected chi connectivity index (χ1v) is 10.3. The Kier molecular flexibility index (Phi) is 14.2. The molecule has 5 N–H and O–H groups in total. The number of Topliss-reactive ketones (excluding diaryl/α,β-unsaturated/α-hetero) is 3. The van der Waals surface area contributed by atoms with E-state index in [0.717, 1.165) is 24.6 Å². The molecule has 9 nitrogen and oxygen atoms in total. The van der Waals surface area contributed by atoms with Crippen molar-refractivity contribution in [3.05, 3.63) is 0 Å². The van der Waals surface area contributed by atoms with Gasteiger partial charge >= 0.3 is 5.97 Å². The van der Waals surface area contributed by atoms with Crippen LogP contribution in [0.5, 0.6) is 0 Å². The number of unbranched alkanes of at least 4 members (excludes halogenated alkanes) is 2. The van der Waals surface area contributed by atoms with Gasteiger partial charge in [-0.25, -0.2) is 0 Å². The van der Waals surface area contributed by atoms with Gasteiger partial charge < -0.3 is 21.0 Å². The van der Waals surface area contributed by atoms with Gasteiger partial charge in [-0.05, 0) is 26.7 Å². The third kappa shape index (κ3) is 13.4. The zero-order chi connectivity index (χ0) is 21.5. The van der Waals surface area contributed by atoms with Crippen molar-refractivity contribution >= 4 is 41.0 Å². The molecule has 0 aromatic heterocycles. The summed E-state index contributed by atoms with van der Waals surface area (Å²) >= 11 is 1.06. The monoisotopic (exact) mass is 417 g/mol. The van der Waals surface area contributed by atoms with Gasteiger partial charge in [0.25, 0.3) is 0 Å². The molecule has 0 saturated carbocycles. The first kappa shape index (κ1) is 26.2. The molecule has 2 atom stereocenters. The van der Waals surface area contributed by atoms with Crippen LogP contribution in [0.2, 0.25) is 0 Å². The molecule has 0 aromatic rings. The van der Waals surface area contributed by atoms with Crippen LogP contribution in [-0.4, -0.2) is 71.0 Å². The van der Waals surface area contributed by atoms with Crippen molar-refractivity contribution in [3.63, 3.8) is 0 Å². The van der Waals surface area contributed by atoms with Crippen LogP contribution in [0.3, 0.4) is 0 Å². The minimum atomic E-state index is -1.11. The van der Waals surface area contributed by atoms with Crippen LogP contribution in [0, 0.1) is 0 Å². The predicted molar refractivity (Wildman–Crippen MR) is 107 cm³/mol. The van der Waals surface area contributed by atoms with E-state index in [1.165, 1.54) is 13.8 Å². The van der Waals surface area contributed by atoms with E-state index in [1.54, 1.807) is 0 Å². The SMILES string of the molecule is CC(=O)CCCCCNC(=O)C(CC(=O)O)SCC(NCC(=O)CN)C(C)=O. The second kappa shape index (κ2) is 15.2. The molecule has 0 rings (SSSR count). The summed E-state index contributed by atoms with van der Waals surface area (Å²) in [6.45, 7) is 3.09. The zero-order valence-electron chi connectivity index (χ0n) is 16.5. The lowest BCUT2D eigenvalue weighted by Gasteiger charge is -2.19. The summed E-state index contributed by atoms with van der Waals surface area (Å²) in [5, 5.41) is 13.7. The number of hydrogen-bond acceptors (Lipinski definition) is 8. The Labute approximate surface area is 169 Å². The fourth-order valence-electron chi connectivity index (χ4n) is 2.23.